The SMILES string of the molecule is C[C@@H]1C=CC2=CCC[C@@H](O)[C@@H]2[C@@H]1CC[C@H]1C[C@H](O)CC(=O)O1. The Hall–Kier alpha value is -1.13. The van der Waals surface area contributed by atoms with E-state index in [1.165, 1.54) is 5.57 Å². The summed E-state index contributed by atoms with van der Waals surface area (Å²) < 4.78 is 5.35. The molecule has 2 N–H and O–H groups in total. The molecule has 0 unspecified atom stereocenters. The molecule has 2 aliphatic carbocycles. The first-order valence-electron chi connectivity index (χ1n) is 8.48. The zero-order valence-electron chi connectivity index (χ0n) is 13.1. The maximum atomic E-state index is 11.4. The lowest BCUT2D eigenvalue weighted by Crippen LogP contribution is -2.38. The topological polar surface area (TPSA) is 66.8 Å². The highest BCUT2D eigenvalue weighted by atomic mass is 16.5. The molecule has 1 saturated heterocycles. The van der Waals surface area contributed by atoms with Gasteiger partial charge in [0, 0.05) is 12.3 Å². The second kappa shape index (κ2) is 6.55. The van der Waals surface area contributed by atoms with Crippen LogP contribution in [0.1, 0.15) is 45.4 Å². The van der Waals surface area contributed by atoms with Gasteiger partial charge in [0.15, 0.2) is 0 Å². The van der Waals surface area contributed by atoms with Gasteiger partial charge in [0.25, 0.3) is 0 Å². The molecular formula is C18H26O4. The molecule has 1 heterocycles. The van der Waals surface area contributed by atoms with Crippen LogP contribution in [0.3, 0.4) is 0 Å². The number of fused-ring (bicyclic) bond motifs is 1. The van der Waals surface area contributed by atoms with Gasteiger partial charge in [-0.15, -0.1) is 0 Å². The summed E-state index contributed by atoms with van der Waals surface area (Å²) in [7, 11) is 0. The highest BCUT2D eigenvalue weighted by molar-refractivity contribution is 5.70. The minimum absolute atomic E-state index is 0.118. The van der Waals surface area contributed by atoms with E-state index < -0.39 is 6.10 Å². The fourth-order valence-electron chi connectivity index (χ4n) is 4.26. The number of hydrogen-bond donors (Lipinski definition) is 2. The minimum atomic E-state index is -0.564. The van der Waals surface area contributed by atoms with Gasteiger partial charge in [-0.05, 0) is 43.1 Å². The molecular weight excluding hydrogens is 280 g/mol. The highest BCUT2D eigenvalue weighted by Crippen LogP contribution is 2.42. The van der Waals surface area contributed by atoms with Crippen molar-refractivity contribution < 1.29 is 19.7 Å². The average molecular weight is 306 g/mol. The average Bonchev–Trinajstić information content (AvgIpc) is 2.46. The van der Waals surface area contributed by atoms with Crippen molar-refractivity contribution in [1.82, 2.24) is 0 Å². The van der Waals surface area contributed by atoms with Gasteiger partial charge in [-0.25, -0.2) is 0 Å². The van der Waals surface area contributed by atoms with Crippen LogP contribution in [-0.2, 0) is 9.53 Å². The predicted octanol–water partition coefficient (Wildman–Crippen LogP) is 2.35. The molecule has 0 saturated carbocycles. The van der Waals surface area contributed by atoms with Crippen LogP contribution in [0.5, 0.6) is 0 Å². The minimum Gasteiger partial charge on any atom is -0.462 e. The first-order chi connectivity index (χ1) is 10.5. The lowest BCUT2D eigenvalue weighted by Gasteiger charge is -2.40. The number of aliphatic hydroxyl groups excluding tert-OH is 2. The number of carbonyl (C=O) groups excluding carboxylic acids is 1. The Labute approximate surface area is 131 Å². The zero-order chi connectivity index (χ0) is 15.7. The molecule has 6 atom stereocenters. The van der Waals surface area contributed by atoms with Crippen LogP contribution in [0.25, 0.3) is 0 Å². The molecule has 3 aliphatic rings. The van der Waals surface area contributed by atoms with Gasteiger partial charge in [-0.3, -0.25) is 4.79 Å². The maximum absolute atomic E-state index is 11.4. The van der Waals surface area contributed by atoms with Gasteiger partial charge >= 0.3 is 5.97 Å². The molecule has 0 aromatic carbocycles. The van der Waals surface area contributed by atoms with Gasteiger partial charge in [-0.1, -0.05) is 25.2 Å². The van der Waals surface area contributed by atoms with Crippen molar-refractivity contribution in [3.8, 4) is 0 Å². The van der Waals surface area contributed by atoms with E-state index in [-0.39, 0.29) is 30.5 Å². The van der Waals surface area contributed by atoms with Gasteiger partial charge in [0.2, 0.25) is 0 Å². The smallest absolute Gasteiger partial charge is 0.308 e. The second-order valence-corrected chi connectivity index (χ2v) is 7.04. The van der Waals surface area contributed by atoms with E-state index in [2.05, 4.69) is 25.2 Å². The Morgan fingerprint density at radius 2 is 2.14 bits per heavy atom. The fourth-order valence-corrected chi connectivity index (χ4v) is 4.26. The summed E-state index contributed by atoms with van der Waals surface area (Å²) in [6.07, 6.45) is 9.75. The Morgan fingerprint density at radius 1 is 1.32 bits per heavy atom. The number of carbonyl (C=O) groups is 1. The van der Waals surface area contributed by atoms with Crippen molar-refractivity contribution in [3.05, 3.63) is 23.8 Å². The van der Waals surface area contributed by atoms with Gasteiger partial charge in [0.1, 0.15) is 6.10 Å². The van der Waals surface area contributed by atoms with E-state index in [1.54, 1.807) is 0 Å². The third-order valence-corrected chi connectivity index (χ3v) is 5.43. The van der Waals surface area contributed by atoms with E-state index in [9.17, 15) is 15.0 Å². The van der Waals surface area contributed by atoms with E-state index >= 15 is 0 Å². The first-order valence-corrected chi connectivity index (χ1v) is 8.48. The number of allylic oxidation sites excluding steroid dienone is 3. The first kappa shape index (κ1) is 15.8. The van der Waals surface area contributed by atoms with Crippen LogP contribution in [0.2, 0.25) is 0 Å². The van der Waals surface area contributed by atoms with Crippen LogP contribution in [0.4, 0.5) is 0 Å². The summed E-state index contributed by atoms with van der Waals surface area (Å²) in [6, 6.07) is 0. The third-order valence-electron chi connectivity index (χ3n) is 5.43. The number of cyclic esters (lactones) is 1. The lowest BCUT2D eigenvalue weighted by molar-refractivity contribution is -0.160. The summed E-state index contributed by atoms with van der Waals surface area (Å²) in [5, 5.41) is 20.1. The number of ether oxygens (including phenoxy) is 1. The molecule has 4 heteroatoms. The fraction of sp³-hybridized carbons (Fsp3) is 0.722. The van der Waals surface area contributed by atoms with E-state index in [0.29, 0.717) is 18.3 Å². The zero-order valence-corrected chi connectivity index (χ0v) is 13.1. The summed E-state index contributed by atoms with van der Waals surface area (Å²) in [5.74, 6) is 0.708. The molecule has 0 aromatic rings. The quantitative estimate of drug-likeness (QED) is 0.786. The van der Waals surface area contributed by atoms with Crippen molar-refractivity contribution in [1.29, 1.82) is 0 Å². The molecule has 122 valence electrons. The Balaban J connectivity index is 1.65. The van der Waals surface area contributed by atoms with Crippen LogP contribution in [0, 0.1) is 17.8 Å². The number of esters is 1. The second-order valence-electron chi connectivity index (χ2n) is 7.04. The van der Waals surface area contributed by atoms with Crippen LogP contribution in [-0.4, -0.2) is 34.5 Å². The molecule has 0 spiro atoms. The van der Waals surface area contributed by atoms with E-state index in [1.807, 2.05) is 0 Å². The molecule has 1 fully saturated rings. The molecule has 22 heavy (non-hydrogen) atoms. The molecule has 3 rings (SSSR count). The normalized spacial score (nSPS) is 41.6. The Bertz CT molecular complexity index is 481. The van der Waals surface area contributed by atoms with Crippen molar-refractivity contribution in [2.45, 2.75) is 63.8 Å². The van der Waals surface area contributed by atoms with Crippen molar-refractivity contribution >= 4 is 5.97 Å². The maximum Gasteiger partial charge on any atom is 0.308 e. The molecule has 0 bridgehead atoms. The summed E-state index contributed by atoms with van der Waals surface area (Å²) >= 11 is 0. The largest absolute Gasteiger partial charge is 0.462 e. The van der Waals surface area contributed by atoms with Crippen molar-refractivity contribution in [3.63, 3.8) is 0 Å². The van der Waals surface area contributed by atoms with Crippen LogP contribution < -0.4 is 0 Å². The van der Waals surface area contributed by atoms with Crippen LogP contribution >= 0.6 is 0 Å². The van der Waals surface area contributed by atoms with Crippen molar-refractivity contribution in [2.24, 2.45) is 17.8 Å². The van der Waals surface area contributed by atoms with Gasteiger partial charge in [-0.2, -0.15) is 0 Å². The monoisotopic (exact) mass is 306 g/mol. The number of rotatable bonds is 3. The summed E-state index contributed by atoms with van der Waals surface area (Å²) in [4.78, 5) is 11.4. The molecule has 0 aromatic heterocycles. The lowest BCUT2D eigenvalue weighted by atomic mass is 9.66. The van der Waals surface area contributed by atoms with Gasteiger partial charge < -0.3 is 14.9 Å². The van der Waals surface area contributed by atoms with E-state index in [0.717, 1.165) is 25.7 Å². The molecule has 0 radical (unpaired) electrons. The highest BCUT2D eigenvalue weighted by Gasteiger charge is 2.38. The summed E-state index contributed by atoms with van der Waals surface area (Å²) in [5.41, 5.74) is 1.27. The Morgan fingerprint density at radius 3 is 2.91 bits per heavy atom. The Kier molecular flexibility index (Phi) is 4.69. The molecule has 1 aliphatic heterocycles. The van der Waals surface area contributed by atoms with Gasteiger partial charge in [0.05, 0.1) is 18.6 Å². The van der Waals surface area contributed by atoms with E-state index in [4.69, 9.17) is 4.74 Å². The van der Waals surface area contributed by atoms with Crippen LogP contribution in [0.15, 0.2) is 23.8 Å². The molecule has 4 nitrogen and oxygen atoms in total. The summed E-state index contributed by atoms with van der Waals surface area (Å²) in [6.45, 7) is 2.20. The number of aliphatic hydroxyl groups is 2. The number of hydrogen-bond acceptors (Lipinski definition) is 4. The third kappa shape index (κ3) is 3.28. The standard InChI is InChI=1S/C18H26O4/c1-11-5-6-12-3-2-4-16(20)18(12)15(11)8-7-14-9-13(19)10-17(21)22-14/h3,5-6,11,13-16,18-20H,2,4,7-10H2,1H3/t11-,13+,14+,15-,16-,18+/m1/s1. The molecule has 0 amide bonds. The predicted molar refractivity (Wildman–Crippen MR) is 83.0 cm³/mol. The van der Waals surface area contributed by atoms with Crippen molar-refractivity contribution in [2.75, 3.05) is 0 Å².